The van der Waals surface area contributed by atoms with Crippen LogP contribution >= 0.6 is 0 Å². The molecule has 1 aromatic carbocycles. The predicted molar refractivity (Wildman–Crippen MR) is 125 cm³/mol. The van der Waals surface area contributed by atoms with E-state index in [0.29, 0.717) is 18.8 Å². The second-order valence-corrected chi connectivity index (χ2v) is 8.31. The molecular weight excluding hydrogens is 402 g/mol. The quantitative estimate of drug-likeness (QED) is 0.594. The maximum Gasteiger partial charge on any atom is 0.227 e. The highest BCUT2D eigenvalue weighted by Gasteiger charge is 2.27. The van der Waals surface area contributed by atoms with Gasteiger partial charge in [0, 0.05) is 57.1 Å². The Morgan fingerprint density at radius 3 is 2.69 bits per heavy atom. The van der Waals surface area contributed by atoms with Crippen LogP contribution < -0.4 is 9.64 Å². The molecule has 1 amide bonds. The molecule has 3 aromatic rings. The normalized spacial score (nSPS) is 16.0. The van der Waals surface area contributed by atoms with E-state index >= 15 is 0 Å². The lowest BCUT2D eigenvalue weighted by Gasteiger charge is -2.33. The van der Waals surface area contributed by atoms with Gasteiger partial charge in [-0.2, -0.15) is 0 Å². The lowest BCUT2D eigenvalue weighted by atomic mass is 9.93. The van der Waals surface area contributed by atoms with E-state index in [0.717, 1.165) is 47.8 Å². The molecule has 0 spiro atoms. The van der Waals surface area contributed by atoms with Gasteiger partial charge in [-0.3, -0.25) is 9.78 Å². The predicted octanol–water partition coefficient (Wildman–Crippen LogP) is 3.56. The van der Waals surface area contributed by atoms with Gasteiger partial charge >= 0.3 is 0 Å². The van der Waals surface area contributed by atoms with Crippen LogP contribution in [0.15, 0.2) is 54.9 Å². The molecular formula is C25H29N5O2. The summed E-state index contributed by atoms with van der Waals surface area (Å²) in [5.41, 5.74) is 2.86. The first kappa shape index (κ1) is 21.7. The van der Waals surface area contributed by atoms with E-state index in [-0.39, 0.29) is 11.8 Å². The van der Waals surface area contributed by atoms with Crippen molar-refractivity contribution in [3.05, 3.63) is 66.1 Å². The molecule has 7 nitrogen and oxygen atoms in total. The molecule has 32 heavy (non-hydrogen) atoms. The van der Waals surface area contributed by atoms with Crippen LogP contribution in [-0.4, -0.2) is 60.1 Å². The van der Waals surface area contributed by atoms with Gasteiger partial charge in [0.1, 0.15) is 11.6 Å². The Balaban J connectivity index is 1.53. The van der Waals surface area contributed by atoms with E-state index < -0.39 is 0 Å². The number of anilines is 1. The van der Waals surface area contributed by atoms with Gasteiger partial charge in [0.15, 0.2) is 5.82 Å². The summed E-state index contributed by atoms with van der Waals surface area (Å²) in [7, 11) is 5.60. The third kappa shape index (κ3) is 5.04. The van der Waals surface area contributed by atoms with E-state index in [1.807, 2.05) is 66.4 Å². The molecule has 0 aliphatic carbocycles. The number of ether oxygens (including phenoxy) is 1. The first-order valence-electron chi connectivity index (χ1n) is 10.9. The van der Waals surface area contributed by atoms with Crippen LogP contribution in [0.1, 0.15) is 30.0 Å². The SMILES string of the molecule is COc1ccc(CC(=O)N2CCC[C@H](c3cc(N(C)C)nc(-c4cccnc4)n3)C2)cc1. The average molecular weight is 432 g/mol. The second-order valence-electron chi connectivity index (χ2n) is 8.31. The van der Waals surface area contributed by atoms with Crippen molar-refractivity contribution in [1.82, 2.24) is 19.9 Å². The minimum absolute atomic E-state index is 0.147. The second kappa shape index (κ2) is 9.77. The number of carbonyl (C=O) groups excluding carboxylic acids is 1. The zero-order chi connectivity index (χ0) is 22.5. The number of likely N-dealkylation sites (tertiary alicyclic amines) is 1. The van der Waals surface area contributed by atoms with Crippen LogP contribution in [0.2, 0.25) is 0 Å². The number of methoxy groups -OCH3 is 1. The van der Waals surface area contributed by atoms with Crippen LogP contribution in [0.5, 0.6) is 5.75 Å². The summed E-state index contributed by atoms with van der Waals surface area (Å²) in [4.78, 5) is 30.8. The van der Waals surface area contributed by atoms with Crippen molar-refractivity contribution in [3.8, 4) is 17.1 Å². The fourth-order valence-electron chi connectivity index (χ4n) is 3.99. The molecule has 4 rings (SSSR count). The number of pyridine rings is 1. The topological polar surface area (TPSA) is 71.5 Å². The molecule has 3 heterocycles. The summed E-state index contributed by atoms with van der Waals surface area (Å²) >= 11 is 0. The van der Waals surface area contributed by atoms with E-state index in [9.17, 15) is 4.79 Å². The Hall–Kier alpha value is -3.48. The summed E-state index contributed by atoms with van der Waals surface area (Å²) in [5, 5.41) is 0. The van der Waals surface area contributed by atoms with Crippen molar-refractivity contribution in [3.63, 3.8) is 0 Å². The van der Waals surface area contributed by atoms with Crippen LogP contribution in [0.4, 0.5) is 5.82 Å². The molecule has 2 aromatic heterocycles. The lowest BCUT2D eigenvalue weighted by Crippen LogP contribution is -2.40. The highest BCUT2D eigenvalue weighted by molar-refractivity contribution is 5.79. The fourth-order valence-corrected chi connectivity index (χ4v) is 3.99. The first-order chi connectivity index (χ1) is 15.5. The zero-order valence-electron chi connectivity index (χ0n) is 18.9. The van der Waals surface area contributed by atoms with E-state index in [4.69, 9.17) is 14.7 Å². The molecule has 1 saturated heterocycles. The number of aromatic nitrogens is 3. The largest absolute Gasteiger partial charge is 0.497 e. The maximum atomic E-state index is 13.0. The average Bonchev–Trinajstić information content (AvgIpc) is 2.85. The maximum absolute atomic E-state index is 13.0. The molecule has 0 saturated carbocycles. The van der Waals surface area contributed by atoms with E-state index in [1.54, 1.807) is 19.5 Å². The summed E-state index contributed by atoms with van der Waals surface area (Å²) < 4.78 is 5.21. The number of nitrogens with zero attached hydrogens (tertiary/aromatic N) is 5. The molecule has 1 aliphatic heterocycles. The van der Waals surface area contributed by atoms with Crippen molar-refractivity contribution in [1.29, 1.82) is 0 Å². The molecule has 1 aliphatic rings. The minimum Gasteiger partial charge on any atom is -0.497 e. The Morgan fingerprint density at radius 1 is 1.19 bits per heavy atom. The monoisotopic (exact) mass is 431 g/mol. The number of hydrogen-bond acceptors (Lipinski definition) is 6. The molecule has 0 radical (unpaired) electrons. The molecule has 0 bridgehead atoms. The van der Waals surface area contributed by atoms with Crippen molar-refractivity contribution >= 4 is 11.7 Å². The van der Waals surface area contributed by atoms with Gasteiger partial charge in [0.2, 0.25) is 5.91 Å². The van der Waals surface area contributed by atoms with Gasteiger partial charge in [-0.1, -0.05) is 12.1 Å². The van der Waals surface area contributed by atoms with Crippen molar-refractivity contribution in [2.75, 3.05) is 39.2 Å². The number of hydrogen-bond donors (Lipinski definition) is 0. The first-order valence-corrected chi connectivity index (χ1v) is 10.9. The fraction of sp³-hybridized carbons (Fsp3) is 0.360. The number of carbonyl (C=O) groups is 1. The van der Waals surface area contributed by atoms with Gasteiger partial charge in [0.05, 0.1) is 19.2 Å². The van der Waals surface area contributed by atoms with Crippen molar-refractivity contribution in [2.24, 2.45) is 0 Å². The summed E-state index contributed by atoms with van der Waals surface area (Å²) in [6.45, 7) is 1.46. The molecule has 1 fully saturated rings. The van der Waals surface area contributed by atoms with E-state index in [1.165, 1.54) is 0 Å². The van der Waals surface area contributed by atoms with Crippen molar-refractivity contribution in [2.45, 2.75) is 25.2 Å². The number of amides is 1. The highest BCUT2D eigenvalue weighted by atomic mass is 16.5. The van der Waals surface area contributed by atoms with Crippen LogP contribution in [0, 0.1) is 0 Å². The Bertz CT molecular complexity index is 1050. The Morgan fingerprint density at radius 2 is 2.00 bits per heavy atom. The minimum atomic E-state index is 0.147. The number of piperidine rings is 1. The summed E-state index contributed by atoms with van der Waals surface area (Å²) in [6, 6.07) is 13.6. The molecule has 0 N–H and O–H groups in total. The smallest absolute Gasteiger partial charge is 0.227 e. The number of rotatable bonds is 6. The molecule has 0 unspecified atom stereocenters. The van der Waals surface area contributed by atoms with Gasteiger partial charge in [0.25, 0.3) is 0 Å². The summed E-state index contributed by atoms with van der Waals surface area (Å²) in [6.07, 6.45) is 5.88. The Kier molecular flexibility index (Phi) is 6.63. The third-order valence-corrected chi connectivity index (χ3v) is 5.82. The molecule has 1 atom stereocenters. The van der Waals surface area contributed by atoms with Gasteiger partial charge in [-0.25, -0.2) is 9.97 Å². The van der Waals surface area contributed by atoms with Crippen LogP contribution in [0.25, 0.3) is 11.4 Å². The molecule has 7 heteroatoms. The van der Waals surface area contributed by atoms with Crippen molar-refractivity contribution < 1.29 is 9.53 Å². The standard InChI is InChI=1S/C25H29N5O2/c1-29(2)23-15-22(27-25(28-23)19-6-4-12-26-16-19)20-7-5-13-30(17-20)24(31)14-18-8-10-21(32-3)11-9-18/h4,6,8-12,15-16,20H,5,7,13-14,17H2,1-3H3/t20-/m0/s1. The van der Waals surface area contributed by atoms with Gasteiger partial charge in [-0.05, 0) is 42.7 Å². The van der Waals surface area contributed by atoms with Crippen LogP contribution in [0.3, 0.4) is 0 Å². The zero-order valence-corrected chi connectivity index (χ0v) is 18.9. The highest BCUT2D eigenvalue weighted by Crippen LogP contribution is 2.29. The van der Waals surface area contributed by atoms with E-state index in [2.05, 4.69) is 4.98 Å². The Labute approximate surface area is 189 Å². The van der Waals surface area contributed by atoms with Gasteiger partial charge in [-0.15, -0.1) is 0 Å². The number of benzene rings is 1. The lowest BCUT2D eigenvalue weighted by molar-refractivity contribution is -0.131. The third-order valence-electron chi connectivity index (χ3n) is 5.82. The molecule has 166 valence electrons. The van der Waals surface area contributed by atoms with Crippen LogP contribution in [-0.2, 0) is 11.2 Å². The summed E-state index contributed by atoms with van der Waals surface area (Å²) in [5.74, 6) is 2.65. The van der Waals surface area contributed by atoms with Gasteiger partial charge < -0.3 is 14.5 Å².